The fraction of sp³-hybridized carbons (Fsp3) is 1.00. The third-order valence-corrected chi connectivity index (χ3v) is 13.5. The lowest BCUT2D eigenvalue weighted by Crippen LogP contribution is -2.54. The Labute approximate surface area is 160 Å². The Morgan fingerprint density at radius 3 is 2.39 bits per heavy atom. The molecule has 5 atom stereocenters. The van der Waals surface area contributed by atoms with Gasteiger partial charge in [0.25, 0.3) is 0 Å². The van der Waals surface area contributed by atoms with Crippen LogP contribution in [0.5, 0.6) is 0 Å². The zero-order valence-electron chi connectivity index (χ0n) is 16.5. The summed E-state index contributed by atoms with van der Waals surface area (Å²) in [6, 6.07) is 0. The number of hydrogen-bond donors (Lipinski definition) is 0. The van der Waals surface area contributed by atoms with Gasteiger partial charge in [-0.2, -0.15) is 0 Å². The summed E-state index contributed by atoms with van der Waals surface area (Å²) in [7, 11) is -1.66. The molecule has 136 valence electrons. The maximum Gasteiger partial charge on any atom is 0.192 e. The molecule has 2 rings (SSSR count). The Balaban J connectivity index is 2.21. The van der Waals surface area contributed by atoms with Gasteiger partial charge in [0, 0.05) is 10.5 Å². The van der Waals surface area contributed by atoms with Crippen LogP contribution in [0.2, 0.25) is 18.1 Å². The molecule has 0 radical (unpaired) electrons. The largest absolute Gasteiger partial charge is 0.414 e. The van der Waals surface area contributed by atoms with Crippen molar-refractivity contribution in [2.75, 3.05) is 4.43 Å². The van der Waals surface area contributed by atoms with Crippen LogP contribution in [0, 0.1) is 23.2 Å². The molecule has 2 aliphatic rings. The first-order valence-corrected chi connectivity index (χ1v) is 14.2. The molecule has 1 unspecified atom stereocenters. The van der Waals surface area contributed by atoms with E-state index in [0.29, 0.717) is 16.6 Å². The Hall–Kier alpha value is 0.907. The van der Waals surface area contributed by atoms with E-state index in [0.717, 1.165) is 17.8 Å². The molecular weight excluding hydrogens is 411 g/mol. The SMILES string of the molecule is CC(CI)[C@@H]1CCC[C@H]2[C@@H](O[Si](C)(C)C(C)(C)C)CCC[C@]12C. The van der Waals surface area contributed by atoms with Crippen molar-refractivity contribution in [3.63, 3.8) is 0 Å². The van der Waals surface area contributed by atoms with Crippen LogP contribution in [0.4, 0.5) is 0 Å². The molecule has 23 heavy (non-hydrogen) atoms. The van der Waals surface area contributed by atoms with Crippen molar-refractivity contribution in [1.29, 1.82) is 0 Å². The molecule has 0 N–H and O–H groups in total. The first-order valence-electron chi connectivity index (χ1n) is 9.77. The van der Waals surface area contributed by atoms with Gasteiger partial charge >= 0.3 is 0 Å². The molecule has 0 amide bonds. The predicted molar refractivity (Wildman–Crippen MR) is 113 cm³/mol. The summed E-state index contributed by atoms with van der Waals surface area (Å²) in [4.78, 5) is 0. The van der Waals surface area contributed by atoms with Gasteiger partial charge in [-0.3, -0.25) is 0 Å². The second kappa shape index (κ2) is 7.26. The number of rotatable bonds is 4. The van der Waals surface area contributed by atoms with Gasteiger partial charge in [-0.1, -0.05) is 70.1 Å². The first-order chi connectivity index (χ1) is 10.5. The molecule has 0 bridgehead atoms. The highest BCUT2D eigenvalue weighted by Gasteiger charge is 2.52. The van der Waals surface area contributed by atoms with Gasteiger partial charge in [-0.15, -0.1) is 0 Å². The van der Waals surface area contributed by atoms with Crippen molar-refractivity contribution in [3.05, 3.63) is 0 Å². The number of alkyl halides is 1. The Bertz CT molecular complexity index is 403. The van der Waals surface area contributed by atoms with Gasteiger partial charge < -0.3 is 4.43 Å². The Kier molecular flexibility index (Phi) is 6.39. The van der Waals surface area contributed by atoms with E-state index in [1.807, 2.05) is 0 Å². The monoisotopic (exact) mass is 450 g/mol. The fourth-order valence-corrected chi connectivity index (χ4v) is 7.10. The first kappa shape index (κ1) is 20.2. The second-order valence-corrected chi connectivity index (χ2v) is 15.7. The van der Waals surface area contributed by atoms with E-state index in [4.69, 9.17) is 4.43 Å². The maximum absolute atomic E-state index is 6.98. The van der Waals surface area contributed by atoms with Crippen LogP contribution >= 0.6 is 22.6 Å². The minimum Gasteiger partial charge on any atom is -0.414 e. The van der Waals surface area contributed by atoms with Crippen LogP contribution < -0.4 is 0 Å². The van der Waals surface area contributed by atoms with Gasteiger partial charge in [0.15, 0.2) is 8.32 Å². The van der Waals surface area contributed by atoms with E-state index in [1.54, 1.807) is 0 Å². The van der Waals surface area contributed by atoms with Gasteiger partial charge in [0.1, 0.15) is 0 Å². The van der Waals surface area contributed by atoms with Crippen molar-refractivity contribution < 1.29 is 4.43 Å². The van der Waals surface area contributed by atoms with Crippen molar-refractivity contribution in [2.45, 2.75) is 97.4 Å². The summed E-state index contributed by atoms with van der Waals surface area (Å²) in [5, 5.41) is 0.324. The molecule has 1 nitrogen and oxygen atoms in total. The summed E-state index contributed by atoms with van der Waals surface area (Å²) < 4.78 is 8.28. The lowest BCUT2D eigenvalue weighted by molar-refractivity contribution is -0.0837. The number of hydrogen-bond acceptors (Lipinski definition) is 1. The van der Waals surface area contributed by atoms with Crippen LogP contribution in [-0.4, -0.2) is 18.8 Å². The molecule has 0 aromatic heterocycles. The van der Waals surface area contributed by atoms with Gasteiger partial charge in [0.2, 0.25) is 0 Å². The lowest BCUT2D eigenvalue weighted by atomic mass is 9.52. The highest BCUT2D eigenvalue weighted by molar-refractivity contribution is 14.1. The topological polar surface area (TPSA) is 9.23 Å². The van der Waals surface area contributed by atoms with E-state index in [9.17, 15) is 0 Å². The Morgan fingerprint density at radius 2 is 1.83 bits per heavy atom. The molecule has 0 aromatic rings. The fourth-order valence-electron chi connectivity index (χ4n) is 5.10. The second-order valence-electron chi connectivity index (χ2n) is 10.1. The van der Waals surface area contributed by atoms with Crippen LogP contribution in [-0.2, 0) is 4.43 Å². The lowest BCUT2D eigenvalue weighted by Gasteiger charge is -2.56. The average Bonchev–Trinajstić information content (AvgIpc) is 2.44. The van der Waals surface area contributed by atoms with Crippen LogP contribution in [0.25, 0.3) is 0 Å². The van der Waals surface area contributed by atoms with Crippen molar-refractivity contribution in [3.8, 4) is 0 Å². The molecule has 2 saturated carbocycles. The highest BCUT2D eigenvalue weighted by atomic mass is 127. The van der Waals surface area contributed by atoms with Gasteiger partial charge in [-0.25, -0.2) is 0 Å². The van der Waals surface area contributed by atoms with Gasteiger partial charge in [-0.05, 0) is 67.0 Å². The summed E-state index contributed by atoms with van der Waals surface area (Å²) in [5.74, 6) is 2.56. The summed E-state index contributed by atoms with van der Waals surface area (Å²) >= 11 is 2.60. The van der Waals surface area contributed by atoms with Crippen LogP contribution in [0.3, 0.4) is 0 Å². The quantitative estimate of drug-likeness (QED) is 0.253. The van der Waals surface area contributed by atoms with E-state index in [1.165, 1.54) is 43.0 Å². The molecule has 0 heterocycles. The third kappa shape index (κ3) is 4.02. The van der Waals surface area contributed by atoms with Gasteiger partial charge in [0.05, 0.1) is 0 Å². The molecule has 2 aliphatic carbocycles. The average molecular weight is 451 g/mol. The third-order valence-electron chi connectivity index (χ3n) is 7.56. The van der Waals surface area contributed by atoms with E-state index >= 15 is 0 Å². The van der Waals surface area contributed by atoms with Crippen molar-refractivity contribution in [1.82, 2.24) is 0 Å². The minimum absolute atomic E-state index is 0.324. The zero-order chi connectivity index (χ0) is 17.5. The number of halogens is 1. The van der Waals surface area contributed by atoms with Crippen LogP contribution in [0.15, 0.2) is 0 Å². The van der Waals surface area contributed by atoms with Crippen LogP contribution in [0.1, 0.15) is 73.1 Å². The van der Waals surface area contributed by atoms with Crippen molar-refractivity contribution in [2.24, 2.45) is 23.2 Å². The maximum atomic E-state index is 6.98. The summed E-state index contributed by atoms with van der Waals surface area (Å²) in [6.07, 6.45) is 8.90. The highest BCUT2D eigenvalue weighted by Crippen LogP contribution is 2.57. The molecule has 0 aromatic carbocycles. The standard InChI is InChI=1S/C20H39IOSi/c1-15(14-21)16-10-8-11-17-18(12-9-13-20(16,17)5)22-23(6,7)19(2,3)4/h15-18H,8-14H2,1-7H3/t15?,16-,17-,18-,20+/m0/s1. The van der Waals surface area contributed by atoms with E-state index < -0.39 is 8.32 Å². The Morgan fingerprint density at radius 1 is 1.17 bits per heavy atom. The molecule has 3 heteroatoms. The summed E-state index contributed by atoms with van der Waals surface area (Å²) in [6.45, 7) is 17.1. The zero-order valence-corrected chi connectivity index (χ0v) is 19.7. The molecule has 0 aliphatic heterocycles. The normalized spacial score (nSPS) is 37.3. The predicted octanol–water partition coefficient (Wildman–Crippen LogP) is 7.05. The molecule has 0 spiro atoms. The number of fused-ring (bicyclic) bond motifs is 1. The van der Waals surface area contributed by atoms with E-state index in [-0.39, 0.29) is 0 Å². The minimum atomic E-state index is -1.66. The molecule has 2 fully saturated rings. The van der Waals surface area contributed by atoms with Crippen molar-refractivity contribution >= 4 is 30.9 Å². The molecular formula is C20H39IOSi. The smallest absolute Gasteiger partial charge is 0.192 e. The van der Waals surface area contributed by atoms with E-state index in [2.05, 4.69) is 70.3 Å². The summed E-state index contributed by atoms with van der Waals surface area (Å²) in [5.41, 5.74) is 0.522. The molecule has 0 saturated heterocycles.